The SMILES string of the molecule is O=C(O)C1C=c2c(ccn2Cc2ccccc2)=C(O)N1. The lowest BCUT2D eigenvalue weighted by Crippen LogP contribution is -2.47. The maximum absolute atomic E-state index is 11.1. The van der Waals surface area contributed by atoms with Crippen molar-refractivity contribution in [3.05, 3.63) is 58.7 Å². The first-order chi connectivity index (χ1) is 9.65. The molecule has 102 valence electrons. The van der Waals surface area contributed by atoms with Crippen LogP contribution in [0.3, 0.4) is 0 Å². The number of hydrogen-bond acceptors (Lipinski definition) is 3. The van der Waals surface area contributed by atoms with Gasteiger partial charge in [0.25, 0.3) is 0 Å². The lowest BCUT2D eigenvalue weighted by Gasteiger charge is -2.15. The van der Waals surface area contributed by atoms with Crippen molar-refractivity contribution in [1.82, 2.24) is 9.88 Å². The quantitative estimate of drug-likeness (QED) is 0.734. The highest BCUT2D eigenvalue weighted by Gasteiger charge is 2.20. The predicted octanol–water partition coefficient (Wildman–Crippen LogP) is -0.00300. The summed E-state index contributed by atoms with van der Waals surface area (Å²) in [7, 11) is 0. The van der Waals surface area contributed by atoms with Crippen molar-refractivity contribution in [2.45, 2.75) is 12.6 Å². The van der Waals surface area contributed by atoms with Crippen LogP contribution in [0.5, 0.6) is 0 Å². The van der Waals surface area contributed by atoms with Crippen LogP contribution in [-0.4, -0.2) is 26.8 Å². The molecule has 5 nitrogen and oxygen atoms in total. The van der Waals surface area contributed by atoms with E-state index in [4.69, 9.17) is 5.11 Å². The van der Waals surface area contributed by atoms with Crippen LogP contribution in [0.25, 0.3) is 12.0 Å². The number of aliphatic hydroxyl groups is 1. The molecule has 0 fully saturated rings. The van der Waals surface area contributed by atoms with Gasteiger partial charge in [-0.05, 0) is 17.7 Å². The summed E-state index contributed by atoms with van der Waals surface area (Å²) in [5.41, 5.74) is 1.11. The highest BCUT2D eigenvalue weighted by Crippen LogP contribution is 2.01. The van der Waals surface area contributed by atoms with E-state index in [0.717, 1.165) is 10.9 Å². The van der Waals surface area contributed by atoms with Crippen LogP contribution in [0.4, 0.5) is 0 Å². The van der Waals surface area contributed by atoms with E-state index in [-0.39, 0.29) is 5.88 Å². The average molecular weight is 270 g/mol. The van der Waals surface area contributed by atoms with E-state index in [2.05, 4.69) is 5.32 Å². The molecule has 0 bridgehead atoms. The Morgan fingerprint density at radius 2 is 2.00 bits per heavy atom. The van der Waals surface area contributed by atoms with Crippen LogP contribution in [0, 0.1) is 0 Å². The van der Waals surface area contributed by atoms with Crippen molar-refractivity contribution in [3.63, 3.8) is 0 Å². The number of aromatic nitrogens is 1. The molecule has 2 heterocycles. The fourth-order valence-corrected chi connectivity index (χ4v) is 2.35. The molecule has 0 amide bonds. The molecule has 0 radical (unpaired) electrons. The third kappa shape index (κ3) is 2.14. The van der Waals surface area contributed by atoms with Crippen LogP contribution >= 0.6 is 0 Å². The average Bonchev–Trinajstić information content (AvgIpc) is 2.84. The summed E-state index contributed by atoms with van der Waals surface area (Å²) < 4.78 is 1.93. The van der Waals surface area contributed by atoms with Gasteiger partial charge in [0.2, 0.25) is 0 Å². The Labute approximate surface area is 115 Å². The van der Waals surface area contributed by atoms with E-state index in [1.807, 2.05) is 41.1 Å². The molecule has 1 aliphatic heterocycles. The van der Waals surface area contributed by atoms with Crippen LogP contribution in [0.2, 0.25) is 0 Å². The van der Waals surface area contributed by atoms with E-state index in [1.165, 1.54) is 0 Å². The zero-order chi connectivity index (χ0) is 14.1. The molecule has 3 rings (SSSR count). The van der Waals surface area contributed by atoms with Gasteiger partial charge in [0.1, 0.15) is 6.04 Å². The number of nitrogens with zero attached hydrogens (tertiary/aromatic N) is 1. The summed E-state index contributed by atoms with van der Waals surface area (Å²) in [6.07, 6.45) is 3.45. The van der Waals surface area contributed by atoms with E-state index in [0.29, 0.717) is 11.8 Å². The Balaban J connectivity index is 2.06. The number of hydrogen-bond donors (Lipinski definition) is 3. The minimum Gasteiger partial charge on any atom is -0.494 e. The predicted molar refractivity (Wildman–Crippen MR) is 74.3 cm³/mol. The van der Waals surface area contributed by atoms with E-state index in [9.17, 15) is 9.90 Å². The molecule has 0 spiro atoms. The Kier molecular flexibility index (Phi) is 2.95. The van der Waals surface area contributed by atoms with Crippen molar-refractivity contribution in [1.29, 1.82) is 0 Å². The highest BCUT2D eigenvalue weighted by molar-refractivity contribution is 5.82. The van der Waals surface area contributed by atoms with E-state index in [1.54, 1.807) is 12.1 Å². The van der Waals surface area contributed by atoms with Gasteiger partial charge < -0.3 is 20.1 Å². The molecule has 1 aliphatic rings. The summed E-state index contributed by atoms with van der Waals surface area (Å²) in [6, 6.07) is 10.7. The topological polar surface area (TPSA) is 74.5 Å². The van der Waals surface area contributed by atoms with Gasteiger partial charge in [-0.2, -0.15) is 0 Å². The Morgan fingerprint density at radius 1 is 1.25 bits per heavy atom. The number of carboxylic acid groups (broad SMARTS) is 1. The molecule has 0 saturated carbocycles. The molecular formula is C15H14N2O3. The lowest BCUT2D eigenvalue weighted by atomic mass is 10.2. The lowest BCUT2D eigenvalue weighted by molar-refractivity contribution is -0.137. The molecule has 1 unspecified atom stereocenters. The molecule has 0 saturated heterocycles. The minimum atomic E-state index is -1.02. The smallest absolute Gasteiger partial charge is 0.330 e. The number of rotatable bonds is 3. The number of carbonyl (C=O) groups is 1. The summed E-state index contributed by atoms with van der Waals surface area (Å²) >= 11 is 0. The number of carboxylic acids is 1. The minimum absolute atomic E-state index is 0.0956. The largest absolute Gasteiger partial charge is 0.494 e. The van der Waals surface area contributed by atoms with Crippen molar-refractivity contribution < 1.29 is 15.0 Å². The third-order valence-electron chi connectivity index (χ3n) is 3.34. The fourth-order valence-electron chi connectivity index (χ4n) is 2.35. The number of benzene rings is 1. The van der Waals surface area contributed by atoms with Gasteiger partial charge >= 0.3 is 5.97 Å². The summed E-state index contributed by atoms with van der Waals surface area (Å²) in [6.45, 7) is 0.631. The van der Waals surface area contributed by atoms with Crippen molar-refractivity contribution in [2.75, 3.05) is 0 Å². The Morgan fingerprint density at radius 3 is 2.70 bits per heavy atom. The number of aliphatic carboxylic acids is 1. The molecule has 5 heteroatoms. The van der Waals surface area contributed by atoms with Gasteiger partial charge in [0.05, 0.1) is 10.6 Å². The van der Waals surface area contributed by atoms with Gasteiger partial charge in [-0.25, -0.2) is 4.79 Å². The van der Waals surface area contributed by atoms with Crippen LogP contribution in [0.15, 0.2) is 42.6 Å². The summed E-state index contributed by atoms with van der Waals surface area (Å²) in [4.78, 5) is 11.1. The number of nitrogens with one attached hydrogen (secondary N) is 1. The summed E-state index contributed by atoms with van der Waals surface area (Å²) in [5.74, 6) is -1.11. The van der Waals surface area contributed by atoms with Crippen LogP contribution in [0.1, 0.15) is 5.56 Å². The summed E-state index contributed by atoms with van der Waals surface area (Å²) in [5, 5.41) is 22.8. The second-order valence-corrected chi connectivity index (χ2v) is 4.70. The van der Waals surface area contributed by atoms with E-state index < -0.39 is 12.0 Å². The zero-order valence-corrected chi connectivity index (χ0v) is 10.7. The molecule has 1 aromatic carbocycles. The molecule has 2 aromatic rings. The molecular weight excluding hydrogens is 256 g/mol. The van der Waals surface area contributed by atoms with E-state index >= 15 is 0 Å². The van der Waals surface area contributed by atoms with Crippen molar-refractivity contribution >= 4 is 17.9 Å². The fraction of sp³-hybridized carbons (Fsp3) is 0.133. The van der Waals surface area contributed by atoms with Crippen molar-refractivity contribution in [2.24, 2.45) is 0 Å². The normalized spacial score (nSPS) is 17.0. The second kappa shape index (κ2) is 4.77. The first-order valence-corrected chi connectivity index (χ1v) is 6.28. The Bertz CT molecular complexity index is 762. The monoisotopic (exact) mass is 270 g/mol. The molecule has 1 aromatic heterocycles. The van der Waals surface area contributed by atoms with Gasteiger partial charge in [0.15, 0.2) is 5.88 Å². The second-order valence-electron chi connectivity index (χ2n) is 4.70. The highest BCUT2D eigenvalue weighted by atomic mass is 16.4. The molecule has 3 N–H and O–H groups in total. The Hall–Kier alpha value is -2.69. The number of aliphatic hydroxyl groups excluding tert-OH is 1. The van der Waals surface area contributed by atoms with Crippen LogP contribution < -0.4 is 15.9 Å². The van der Waals surface area contributed by atoms with Crippen molar-refractivity contribution in [3.8, 4) is 0 Å². The zero-order valence-electron chi connectivity index (χ0n) is 10.7. The molecule has 1 atom stereocenters. The van der Waals surface area contributed by atoms with Crippen LogP contribution in [-0.2, 0) is 11.3 Å². The first kappa shape index (κ1) is 12.3. The third-order valence-corrected chi connectivity index (χ3v) is 3.34. The first-order valence-electron chi connectivity index (χ1n) is 6.28. The standard InChI is InChI=1S/C15H14N2O3/c18-14-11-6-7-17(9-10-4-2-1-3-5-10)13(11)8-12(16-14)15(19)20/h1-8,12,16,18H,9H2,(H,19,20). The molecule has 0 aliphatic carbocycles. The number of fused-ring (bicyclic) bond motifs is 1. The molecule has 20 heavy (non-hydrogen) atoms. The van der Waals surface area contributed by atoms with Gasteiger partial charge in [-0.15, -0.1) is 0 Å². The van der Waals surface area contributed by atoms with Gasteiger partial charge in [-0.1, -0.05) is 30.3 Å². The maximum atomic E-state index is 11.1. The van der Waals surface area contributed by atoms with Gasteiger partial charge in [-0.3, -0.25) is 0 Å². The maximum Gasteiger partial charge on any atom is 0.330 e. The van der Waals surface area contributed by atoms with Gasteiger partial charge in [0, 0.05) is 12.7 Å².